The van der Waals surface area contributed by atoms with Gasteiger partial charge in [0.15, 0.2) is 0 Å². The van der Waals surface area contributed by atoms with E-state index in [4.69, 9.17) is 5.11 Å². The molecule has 4 rings (SSSR count). The van der Waals surface area contributed by atoms with Crippen LogP contribution in [0.15, 0.2) is 48.7 Å². The first-order valence-corrected chi connectivity index (χ1v) is 9.71. The number of nitrogens with one attached hydrogen (secondary N) is 1. The van der Waals surface area contributed by atoms with Crippen molar-refractivity contribution in [3.05, 3.63) is 59.8 Å². The van der Waals surface area contributed by atoms with E-state index in [-0.39, 0.29) is 25.0 Å². The van der Waals surface area contributed by atoms with Crippen LogP contribution in [0.3, 0.4) is 0 Å². The van der Waals surface area contributed by atoms with Crippen molar-refractivity contribution in [2.45, 2.75) is 13.1 Å². The lowest BCUT2D eigenvalue weighted by Gasteiger charge is -2.40. The summed E-state index contributed by atoms with van der Waals surface area (Å²) in [6.45, 7) is 3.13. The van der Waals surface area contributed by atoms with Crippen LogP contribution in [0.2, 0.25) is 0 Å². The number of carbonyl (C=O) groups excluding carboxylic acids is 1. The second-order valence-corrected chi connectivity index (χ2v) is 7.55. The van der Waals surface area contributed by atoms with E-state index in [1.807, 2.05) is 35.0 Å². The quantitative estimate of drug-likeness (QED) is 0.668. The lowest BCUT2D eigenvalue weighted by atomic mass is 9.98. The van der Waals surface area contributed by atoms with Crippen molar-refractivity contribution in [1.29, 1.82) is 0 Å². The summed E-state index contributed by atoms with van der Waals surface area (Å²) in [4.78, 5) is 14.0. The lowest BCUT2D eigenvalue weighted by molar-refractivity contribution is -0.137. The topological polar surface area (TPSA) is 57.5 Å². The maximum absolute atomic E-state index is 13.1. The zero-order chi connectivity index (χ0) is 21.5. The first-order chi connectivity index (χ1) is 14.3. The molecule has 0 atom stereocenters. The fourth-order valence-electron chi connectivity index (χ4n) is 3.80. The van der Waals surface area contributed by atoms with E-state index >= 15 is 0 Å². The molecule has 1 fully saturated rings. The lowest BCUT2D eigenvalue weighted by Crippen LogP contribution is -2.54. The standard InChI is InChI=1S/C22H22F3N3O2/c1-14-11-28(20-6-5-16(9-19(14)20)22(23,24)25)18-4-2-3-17(10-18)27-12-15(13-27)21(30)26-7-8-29/h2-6,9-11,15,29H,7-8,12-13H2,1H3,(H,26,30). The molecular formula is C22H22F3N3O2. The van der Waals surface area contributed by atoms with Gasteiger partial charge in [-0.05, 0) is 48.9 Å². The maximum Gasteiger partial charge on any atom is 0.416 e. The molecule has 0 radical (unpaired) electrons. The van der Waals surface area contributed by atoms with Crippen LogP contribution < -0.4 is 10.2 Å². The Hall–Kier alpha value is -3.00. The van der Waals surface area contributed by atoms with Crippen molar-refractivity contribution in [2.75, 3.05) is 31.1 Å². The van der Waals surface area contributed by atoms with Gasteiger partial charge in [0, 0.05) is 42.6 Å². The highest BCUT2D eigenvalue weighted by atomic mass is 19.4. The first kappa shape index (κ1) is 20.3. The zero-order valence-corrected chi connectivity index (χ0v) is 16.4. The Morgan fingerprint density at radius 1 is 1.17 bits per heavy atom. The minimum atomic E-state index is -4.37. The molecule has 158 valence electrons. The number of nitrogens with zero attached hydrogens (tertiary/aromatic N) is 2. The average Bonchev–Trinajstić information content (AvgIpc) is 3.01. The number of carbonyl (C=O) groups is 1. The van der Waals surface area contributed by atoms with Crippen LogP contribution in [0.4, 0.5) is 18.9 Å². The number of fused-ring (bicyclic) bond motifs is 1. The van der Waals surface area contributed by atoms with Crippen LogP contribution in [-0.2, 0) is 11.0 Å². The third kappa shape index (κ3) is 3.75. The van der Waals surface area contributed by atoms with Gasteiger partial charge in [-0.3, -0.25) is 4.79 Å². The van der Waals surface area contributed by atoms with Crippen molar-refractivity contribution in [3.63, 3.8) is 0 Å². The summed E-state index contributed by atoms with van der Waals surface area (Å²) in [5, 5.41) is 12.1. The van der Waals surface area contributed by atoms with Gasteiger partial charge in [0.05, 0.1) is 23.6 Å². The summed E-state index contributed by atoms with van der Waals surface area (Å²) in [7, 11) is 0. The molecule has 1 aromatic heterocycles. The van der Waals surface area contributed by atoms with E-state index in [0.29, 0.717) is 24.0 Å². The highest BCUT2D eigenvalue weighted by Gasteiger charge is 2.33. The van der Waals surface area contributed by atoms with E-state index in [1.165, 1.54) is 12.1 Å². The molecule has 8 heteroatoms. The first-order valence-electron chi connectivity index (χ1n) is 9.71. The van der Waals surface area contributed by atoms with Gasteiger partial charge in [0.2, 0.25) is 5.91 Å². The fraction of sp³-hybridized carbons (Fsp3) is 0.318. The number of benzene rings is 2. The van der Waals surface area contributed by atoms with E-state index < -0.39 is 11.7 Å². The van der Waals surface area contributed by atoms with Crippen LogP contribution in [0.5, 0.6) is 0 Å². The van der Waals surface area contributed by atoms with E-state index in [1.54, 1.807) is 6.92 Å². The maximum atomic E-state index is 13.1. The molecule has 2 N–H and O–H groups in total. The molecule has 0 saturated carbocycles. The summed E-state index contributed by atoms with van der Waals surface area (Å²) in [5.41, 5.74) is 2.62. The molecule has 1 amide bonds. The molecule has 0 spiro atoms. The number of rotatable bonds is 5. The second-order valence-electron chi connectivity index (χ2n) is 7.55. The third-order valence-corrected chi connectivity index (χ3v) is 5.47. The molecule has 5 nitrogen and oxygen atoms in total. The number of alkyl halides is 3. The Morgan fingerprint density at radius 2 is 1.90 bits per heavy atom. The summed E-state index contributed by atoms with van der Waals surface area (Å²) in [6, 6.07) is 11.5. The van der Waals surface area contributed by atoms with E-state index in [9.17, 15) is 18.0 Å². The Labute approximate surface area is 171 Å². The van der Waals surface area contributed by atoms with E-state index in [0.717, 1.165) is 23.0 Å². The minimum Gasteiger partial charge on any atom is -0.395 e. The number of aromatic nitrogens is 1. The largest absolute Gasteiger partial charge is 0.416 e. The molecule has 0 unspecified atom stereocenters. The predicted molar refractivity (Wildman–Crippen MR) is 109 cm³/mol. The van der Waals surface area contributed by atoms with Gasteiger partial charge in [0.25, 0.3) is 0 Å². The van der Waals surface area contributed by atoms with Gasteiger partial charge in [-0.25, -0.2) is 0 Å². The second kappa shape index (κ2) is 7.68. The molecular weight excluding hydrogens is 395 g/mol. The monoisotopic (exact) mass is 417 g/mol. The van der Waals surface area contributed by atoms with Crippen LogP contribution in [0, 0.1) is 12.8 Å². The Kier molecular flexibility index (Phi) is 5.19. The summed E-state index contributed by atoms with van der Waals surface area (Å²) < 4.78 is 41.1. The number of anilines is 1. The van der Waals surface area contributed by atoms with Gasteiger partial charge in [-0.1, -0.05) is 6.07 Å². The average molecular weight is 417 g/mol. The smallest absolute Gasteiger partial charge is 0.395 e. The van der Waals surface area contributed by atoms with Crippen molar-refractivity contribution >= 4 is 22.5 Å². The molecule has 1 aliphatic rings. The SMILES string of the molecule is Cc1cn(-c2cccc(N3CC(C(=O)NCCO)C3)c2)c2ccc(C(F)(F)F)cc12. The number of amides is 1. The molecule has 3 aromatic rings. The highest BCUT2D eigenvalue weighted by Crippen LogP contribution is 2.34. The summed E-state index contributed by atoms with van der Waals surface area (Å²) in [6.07, 6.45) is -2.54. The van der Waals surface area contributed by atoms with Gasteiger partial charge < -0.3 is 19.9 Å². The number of aliphatic hydroxyl groups excluding tert-OH is 1. The molecule has 1 saturated heterocycles. The molecule has 0 aliphatic carbocycles. The molecule has 0 bridgehead atoms. The Balaban J connectivity index is 1.58. The van der Waals surface area contributed by atoms with Crippen molar-refractivity contribution in [1.82, 2.24) is 9.88 Å². The van der Waals surface area contributed by atoms with Crippen LogP contribution >= 0.6 is 0 Å². The number of hydrogen-bond acceptors (Lipinski definition) is 3. The van der Waals surface area contributed by atoms with Gasteiger partial charge in [-0.15, -0.1) is 0 Å². The molecule has 2 heterocycles. The fourth-order valence-corrected chi connectivity index (χ4v) is 3.80. The van der Waals surface area contributed by atoms with Crippen LogP contribution in [0.25, 0.3) is 16.6 Å². The number of aryl methyl sites for hydroxylation is 1. The Bertz CT molecular complexity index is 1080. The summed E-state index contributed by atoms with van der Waals surface area (Å²) in [5.74, 6) is -0.181. The highest BCUT2D eigenvalue weighted by molar-refractivity contribution is 5.86. The van der Waals surface area contributed by atoms with Crippen molar-refractivity contribution in [2.24, 2.45) is 5.92 Å². The van der Waals surface area contributed by atoms with Gasteiger partial charge in [0.1, 0.15) is 0 Å². The van der Waals surface area contributed by atoms with Crippen LogP contribution in [-0.4, -0.2) is 41.8 Å². The molecule has 2 aromatic carbocycles. The molecule has 1 aliphatic heterocycles. The normalized spacial score (nSPS) is 14.8. The van der Waals surface area contributed by atoms with Gasteiger partial charge >= 0.3 is 6.18 Å². The van der Waals surface area contributed by atoms with Crippen molar-refractivity contribution < 1.29 is 23.1 Å². The number of aliphatic hydroxyl groups is 1. The summed E-state index contributed by atoms with van der Waals surface area (Å²) >= 11 is 0. The van der Waals surface area contributed by atoms with Crippen LogP contribution in [0.1, 0.15) is 11.1 Å². The number of hydrogen-bond donors (Lipinski definition) is 2. The third-order valence-electron chi connectivity index (χ3n) is 5.47. The van der Waals surface area contributed by atoms with Gasteiger partial charge in [-0.2, -0.15) is 13.2 Å². The Morgan fingerprint density at radius 3 is 2.60 bits per heavy atom. The van der Waals surface area contributed by atoms with Crippen molar-refractivity contribution in [3.8, 4) is 5.69 Å². The zero-order valence-electron chi connectivity index (χ0n) is 16.4. The number of halogens is 3. The molecule has 30 heavy (non-hydrogen) atoms. The minimum absolute atomic E-state index is 0.0658. The predicted octanol–water partition coefficient (Wildman–Crippen LogP) is 3.50. The van der Waals surface area contributed by atoms with E-state index in [2.05, 4.69) is 10.2 Å².